The number of rotatable bonds is 9. The Hall–Kier alpha value is -3.57. The average molecular weight is 492 g/mol. The minimum atomic E-state index is -0.313. The molecule has 35 heavy (non-hydrogen) atoms. The number of hydrogen-bond acceptors (Lipinski definition) is 9. The molecule has 0 spiro atoms. The largest absolute Gasteiger partial charge is 0.368 e. The average Bonchev–Trinajstić information content (AvgIpc) is 3.50. The molecule has 2 aromatic carbocycles. The Morgan fingerprint density at radius 1 is 0.914 bits per heavy atom. The third-order valence-electron chi connectivity index (χ3n) is 5.67. The first-order valence-electron chi connectivity index (χ1n) is 11.5. The Morgan fingerprint density at radius 3 is 2.46 bits per heavy atom. The highest BCUT2D eigenvalue weighted by Crippen LogP contribution is 2.24. The van der Waals surface area contributed by atoms with Crippen molar-refractivity contribution in [3.05, 3.63) is 77.6 Å². The first-order valence-corrected chi connectivity index (χ1v) is 12.4. The first kappa shape index (κ1) is 23.2. The van der Waals surface area contributed by atoms with Gasteiger partial charge in [-0.25, -0.2) is 4.39 Å². The molecule has 3 heterocycles. The minimum Gasteiger partial charge on any atom is -0.368 e. The summed E-state index contributed by atoms with van der Waals surface area (Å²) in [6, 6.07) is 16.2. The zero-order chi connectivity index (χ0) is 24.0. The molecular formula is C24H26FN9S. The van der Waals surface area contributed by atoms with E-state index < -0.39 is 0 Å². The maximum Gasteiger partial charge on any atom is 0.232 e. The lowest BCUT2D eigenvalue weighted by Gasteiger charge is -2.16. The van der Waals surface area contributed by atoms with E-state index in [-0.39, 0.29) is 11.8 Å². The third kappa shape index (κ3) is 6.11. The van der Waals surface area contributed by atoms with Gasteiger partial charge in [0, 0.05) is 5.69 Å². The van der Waals surface area contributed by atoms with Gasteiger partial charge in [0.25, 0.3) is 0 Å². The first-order chi connectivity index (χ1) is 17.1. The summed E-state index contributed by atoms with van der Waals surface area (Å²) in [6.07, 6.45) is 2.45. The normalized spacial score (nSPS) is 13.9. The van der Waals surface area contributed by atoms with Crippen molar-refractivity contribution in [2.24, 2.45) is 0 Å². The second-order valence-electron chi connectivity index (χ2n) is 8.31. The van der Waals surface area contributed by atoms with Crippen molar-refractivity contribution in [2.75, 3.05) is 24.1 Å². The van der Waals surface area contributed by atoms with E-state index >= 15 is 0 Å². The van der Waals surface area contributed by atoms with Crippen molar-refractivity contribution in [1.82, 2.24) is 34.6 Å². The van der Waals surface area contributed by atoms with Gasteiger partial charge in [-0.1, -0.05) is 42.1 Å². The van der Waals surface area contributed by atoms with E-state index in [0.717, 1.165) is 30.6 Å². The maximum absolute atomic E-state index is 13.2. The van der Waals surface area contributed by atoms with Crippen LogP contribution >= 0.6 is 11.8 Å². The van der Waals surface area contributed by atoms with Crippen molar-refractivity contribution < 1.29 is 4.39 Å². The summed E-state index contributed by atoms with van der Waals surface area (Å²) >= 11 is 1.51. The minimum absolute atomic E-state index is 0.112. The van der Waals surface area contributed by atoms with Crippen LogP contribution in [0.2, 0.25) is 0 Å². The quantitative estimate of drug-likeness (QED) is 0.337. The molecule has 0 bridgehead atoms. The lowest BCUT2D eigenvalue weighted by molar-refractivity contribution is 0.316. The fourth-order valence-electron chi connectivity index (χ4n) is 3.96. The number of anilines is 3. The number of aromatic nitrogens is 6. The molecule has 180 valence electrons. The second kappa shape index (κ2) is 10.8. The van der Waals surface area contributed by atoms with Crippen molar-refractivity contribution in [3.8, 4) is 0 Å². The molecule has 0 amide bonds. The summed E-state index contributed by atoms with van der Waals surface area (Å²) in [4.78, 5) is 15.3. The predicted octanol–water partition coefficient (Wildman–Crippen LogP) is 3.86. The van der Waals surface area contributed by atoms with Gasteiger partial charge >= 0.3 is 0 Å². The summed E-state index contributed by atoms with van der Waals surface area (Å²) in [7, 11) is 0. The summed E-state index contributed by atoms with van der Waals surface area (Å²) < 4.78 is 15.4. The standard InChI is InChI=1S/C24H26FN9S/c25-18-8-10-19(11-9-18)27-23-29-20(28-22(26)30-23)16-35-24-32-31-21(15-33-12-4-5-13-33)34(24)14-17-6-2-1-3-7-17/h1-3,6-11H,4-5,12-16H2,(H3,26,27,28,29,30). The van der Waals surface area contributed by atoms with E-state index in [9.17, 15) is 4.39 Å². The van der Waals surface area contributed by atoms with Crippen LogP contribution in [0.15, 0.2) is 59.8 Å². The van der Waals surface area contributed by atoms with Crippen LogP contribution in [0.4, 0.5) is 22.0 Å². The highest BCUT2D eigenvalue weighted by molar-refractivity contribution is 7.98. The number of nitrogens with two attached hydrogens (primary N) is 1. The molecule has 5 rings (SSSR count). The second-order valence-corrected chi connectivity index (χ2v) is 9.25. The molecule has 1 aliphatic rings. The van der Waals surface area contributed by atoms with E-state index in [2.05, 4.69) is 52.1 Å². The Morgan fingerprint density at radius 2 is 1.69 bits per heavy atom. The molecule has 0 saturated carbocycles. The lowest BCUT2D eigenvalue weighted by Crippen LogP contribution is -2.21. The number of halogens is 1. The molecule has 0 radical (unpaired) electrons. The van der Waals surface area contributed by atoms with E-state index in [1.54, 1.807) is 12.1 Å². The molecule has 3 N–H and O–H groups in total. The van der Waals surface area contributed by atoms with Crippen LogP contribution in [0, 0.1) is 5.82 Å². The van der Waals surface area contributed by atoms with Crippen LogP contribution in [0.5, 0.6) is 0 Å². The lowest BCUT2D eigenvalue weighted by atomic mass is 10.2. The molecular weight excluding hydrogens is 465 g/mol. The number of hydrogen-bond donors (Lipinski definition) is 2. The number of nitrogens with one attached hydrogen (secondary N) is 1. The van der Waals surface area contributed by atoms with Crippen molar-refractivity contribution >= 4 is 29.3 Å². The van der Waals surface area contributed by atoms with Gasteiger partial charge in [-0.3, -0.25) is 4.90 Å². The highest BCUT2D eigenvalue weighted by atomic mass is 32.2. The van der Waals surface area contributed by atoms with Gasteiger partial charge in [0.2, 0.25) is 11.9 Å². The van der Waals surface area contributed by atoms with Gasteiger partial charge in [-0.15, -0.1) is 10.2 Å². The number of benzene rings is 2. The van der Waals surface area contributed by atoms with Crippen LogP contribution in [-0.4, -0.2) is 47.7 Å². The number of thioether (sulfide) groups is 1. The van der Waals surface area contributed by atoms with Crippen LogP contribution in [0.1, 0.15) is 30.1 Å². The van der Waals surface area contributed by atoms with E-state index in [0.29, 0.717) is 29.8 Å². The maximum atomic E-state index is 13.2. The molecule has 1 saturated heterocycles. The summed E-state index contributed by atoms with van der Waals surface area (Å²) in [6.45, 7) is 3.66. The molecule has 1 fully saturated rings. The number of nitrogen functional groups attached to an aromatic ring is 1. The topological polar surface area (TPSA) is 111 Å². The van der Waals surface area contributed by atoms with Crippen molar-refractivity contribution in [3.63, 3.8) is 0 Å². The monoisotopic (exact) mass is 491 g/mol. The van der Waals surface area contributed by atoms with Crippen LogP contribution in [-0.2, 0) is 18.8 Å². The Kier molecular flexibility index (Phi) is 7.15. The van der Waals surface area contributed by atoms with Gasteiger partial charge in [-0.2, -0.15) is 15.0 Å². The van der Waals surface area contributed by atoms with Gasteiger partial charge in [0.05, 0.1) is 18.8 Å². The van der Waals surface area contributed by atoms with Crippen molar-refractivity contribution in [1.29, 1.82) is 0 Å². The van der Waals surface area contributed by atoms with E-state index in [4.69, 9.17) is 5.73 Å². The van der Waals surface area contributed by atoms with Gasteiger partial charge in [-0.05, 0) is 55.8 Å². The van der Waals surface area contributed by atoms with Crippen molar-refractivity contribution in [2.45, 2.75) is 36.8 Å². The van der Waals surface area contributed by atoms with Crippen LogP contribution < -0.4 is 11.1 Å². The Balaban J connectivity index is 1.33. The third-order valence-corrected chi connectivity index (χ3v) is 6.63. The van der Waals surface area contributed by atoms with Gasteiger partial charge < -0.3 is 15.6 Å². The SMILES string of the molecule is Nc1nc(CSc2nnc(CN3CCCC3)n2Cc2ccccc2)nc(Nc2ccc(F)cc2)n1. The fourth-order valence-corrected chi connectivity index (χ4v) is 4.77. The smallest absolute Gasteiger partial charge is 0.232 e. The van der Waals surface area contributed by atoms with Crippen LogP contribution in [0.25, 0.3) is 0 Å². The molecule has 1 aliphatic heterocycles. The predicted molar refractivity (Wildman–Crippen MR) is 134 cm³/mol. The molecule has 0 aliphatic carbocycles. The summed E-state index contributed by atoms with van der Waals surface area (Å²) in [5, 5.41) is 12.8. The van der Waals surface area contributed by atoms with Crippen LogP contribution in [0.3, 0.4) is 0 Å². The number of nitrogens with zero attached hydrogens (tertiary/aromatic N) is 7. The summed E-state index contributed by atoms with van der Waals surface area (Å²) in [5.74, 6) is 2.02. The van der Waals surface area contributed by atoms with Gasteiger partial charge in [0.15, 0.2) is 5.16 Å². The molecule has 9 nitrogen and oxygen atoms in total. The Labute approximate surface area is 207 Å². The highest BCUT2D eigenvalue weighted by Gasteiger charge is 2.19. The molecule has 11 heteroatoms. The molecule has 2 aromatic heterocycles. The van der Waals surface area contributed by atoms with Gasteiger partial charge in [0.1, 0.15) is 17.5 Å². The molecule has 0 atom stereocenters. The summed E-state index contributed by atoms with van der Waals surface area (Å²) in [5.41, 5.74) is 7.77. The van der Waals surface area contributed by atoms with E-state index in [1.807, 2.05) is 18.2 Å². The number of likely N-dealkylation sites (tertiary alicyclic amines) is 1. The zero-order valence-electron chi connectivity index (χ0n) is 19.1. The Bertz CT molecular complexity index is 1260. The van der Waals surface area contributed by atoms with E-state index in [1.165, 1.54) is 42.3 Å². The molecule has 0 unspecified atom stereocenters. The zero-order valence-corrected chi connectivity index (χ0v) is 20.0. The fraction of sp³-hybridized carbons (Fsp3) is 0.292. The molecule has 4 aromatic rings.